The van der Waals surface area contributed by atoms with Gasteiger partial charge in [0.15, 0.2) is 5.65 Å². The summed E-state index contributed by atoms with van der Waals surface area (Å²) < 4.78 is 1.83. The molecule has 0 bridgehead atoms. The quantitative estimate of drug-likeness (QED) is 0.447. The van der Waals surface area contributed by atoms with Gasteiger partial charge < -0.3 is 10.6 Å². The molecule has 7 heteroatoms. The molecule has 0 spiro atoms. The summed E-state index contributed by atoms with van der Waals surface area (Å²) in [7, 11) is 0. The van der Waals surface area contributed by atoms with Crippen LogP contribution in [-0.4, -0.2) is 26.7 Å². The predicted molar refractivity (Wildman–Crippen MR) is 124 cm³/mol. The van der Waals surface area contributed by atoms with Gasteiger partial charge in [0.05, 0.1) is 17.9 Å². The van der Waals surface area contributed by atoms with Gasteiger partial charge in [-0.1, -0.05) is 59.8 Å². The van der Waals surface area contributed by atoms with Gasteiger partial charge in [-0.15, -0.1) is 0 Å². The zero-order chi connectivity index (χ0) is 21.8. The van der Waals surface area contributed by atoms with Crippen LogP contribution in [0.5, 0.6) is 0 Å². The number of carbonyl (C=O) groups is 1. The van der Waals surface area contributed by atoms with Gasteiger partial charge >= 0.3 is 6.03 Å². The van der Waals surface area contributed by atoms with Crippen LogP contribution in [0.25, 0.3) is 16.9 Å². The van der Waals surface area contributed by atoms with Gasteiger partial charge in [-0.2, -0.15) is 5.10 Å². The number of aromatic nitrogens is 3. The van der Waals surface area contributed by atoms with E-state index in [0.717, 1.165) is 32.5 Å². The molecule has 0 saturated carbocycles. The summed E-state index contributed by atoms with van der Waals surface area (Å²) >= 11 is 1.59. The second-order valence-electron chi connectivity index (χ2n) is 7.61. The third-order valence-corrected chi connectivity index (χ3v) is 5.61. The zero-order valence-electron chi connectivity index (χ0n) is 17.8. The second-order valence-corrected chi connectivity index (χ2v) is 8.71. The van der Waals surface area contributed by atoms with Crippen molar-refractivity contribution in [1.82, 2.24) is 25.2 Å². The molecule has 2 N–H and O–H groups in total. The van der Waals surface area contributed by atoms with E-state index in [9.17, 15) is 4.79 Å². The van der Waals surface area contributed by atoms with E-state index in [0.29, 0.717) is 6.54 Å². The molecule has 2 amide bonds. The summed E-state index contributed by atoms with van der Waals surface area (Å²) in [5.41, 5.74) is 4.58. The molecule has 0 atom stereocenters. The van der Waals surface area contributed by atoms with E-state index in [-0.39, 0.29) is 12.1 Å². The maximum absolute atomic E-state index is 12.2. The average Bonchev–Trinajstić information content (AvgIpc) is 3.11. The van der Waals surface area contributed by atoms with Crippen molar-refractivity contribution in [2.45, 2.75) is 43.3 Å². The molecule has 2 heterocycles. The Morgan fingerprint density at radius 1 is 1.03 bits per heavy atom. The maximum atomic E-state index is 12.2. The number of rotatable bonds is 6. The van der Waals surface area contributed by atoms with Gasteiger partial charge in [-0.25, -0.2) is 14.3 Å². The number of carbonyl (C=O) groups excluding carboxylic acids is 1. The third-order valence-electron chi connectivity index (χ3n) is 4.67. The number of fused-ring (bicyclic) bond motifs is 1. The first-order chi connectivity index (χ1) is 15.0. The normalized spacial score (nSPS) is 11.1. The number of amides is 2. The van der Waals surface area contributed by atoms with Gasteiger partial charge in [0.1, 0.15) is 5.03 Å². The number of benzene rings is 2. The summed E-state index contributed by atoms with van der Waals surface area (Å²) in [5.74, 6) is 0. The first-order valence-corrected chi connectivity index (χ1v) is 11.0. The molecule has 0 radical (unpaired) electrons. The van der Waals surface area contributed by atoms with Crippen LogP contribution >= 0.6 is 11.8 Å². The van der Waals surface area contributed by atoms with Crippen LogP contribution in [0.3, 0.4) is 0 Å². The Kier molecular flexibility index (Phi) is 6.23. The molecule has 2 aromatic carbocycles. The van der Waals surface area contributed by atoms with Crippen LogP contribution in [0.15, 0.2) is 76.7 Å². The molecule has 0 aliphatic rings. The van der Waals surface area contributed by atoms with E-state index >= 15 is 0 Å². The molecule has 4 aromatic rings. The van der Waals surface area contributed by atoms with Crippen molar-refractivity contribution in [2.24, 2.45) is 0 Å². The minimum absolute atomic E-state index is 0.0609. The third kappa shape index (κ3) is 5.06. The SMILES string of the molecule is Cc1ccc(-c2nc3ccc(Sc4ccccc4)nn3c2CNC(=O)NC(C)C)cc1. The number of nitrogens with one attached hydrogen (secondary N) is 2. The topological polar surface area (TPSA) is 71.3 Å². The van der Waals surface area contributed by atoms with Crippen molar-refractivity contribution >= 4 is 23.4 Å². The highest BCUT2D eigenvalue weighted by Gasteiger charge is 2.17. The van der Waals surface area contributed by atoms with E-state index in [4.69, 9.17) is 10.1 Å². The fourth-order valence-corrected chi connectivity index (χ4v) is 4.00. The van der Waals surface area contributed by atoms with Crippen LogP contribution < -0.4 is 10.6 Å². The van der Waals surface area contributed by atoms with Gasteiger partial charge in [0.25, 0.3) is 0 Å². The zero-order valence-corrected chi connectivity index (χ0v) is 18.6. The lowest BCUT2D eigenvalue weighted by Gasteiger charge is -2.11. The summed E-state index contributed by atoms with van der Waals surface area (Å²) in [4.78, 5) is 18.1. The maximum Gasteiger partial charge on any atom is 0.315 e. The standard InChI is InChI=1S/C24H25N5OS/c1-16(2)26-24(30)25-15-20-23(18-11-9-17(3)10-12-18)27-21-13-14-22(28-29(20)21)31-19-7-5-4-6-8-19/h4-14,16H,15H2,1-3H3,(H2,25,26,30). The smallest absolute Gasteiger partial charge is 0.315 e. The first kappa shape index (κ1) is 20.9. The molecular weight excluding hydrogens is 406 g/mol. The summed E-state index contributed by atoms with van der Waals surface area (Å²) in [6, 6.07) is 22.1. The summed E-state index contributed by atoms with van der Waals surface area (Å²) in [5, 5.41) is 11.5. The largest absolute Gasteiger partial charge is 0.336 e. The Bertz CT molecular complexity index is 1190. The molecule has 6 nitrogen and oxygen atoms in total. The number of nitrogens with zero attached hydrogens (tertiary/aromatic N) is 3. The van der Waals surface area contributed by atoms with Gasteiger partial charge in [-0.3, -0.25) is 0 Å². The second kappa shape index (κ2) is 9.22. The minimum atomic E-state index is -0.213. The van der Waals surface area contributed by atoms with Crippen LogP contribution in [0.4, 0.5) is 4.79 Å². The Morgan fingerprint density at radius 3 is 2.48 bits per heavy atom. The lowest BCUT2D eigenvalue weighted by atomic mass is 10.1. The van der Waals surface area contributed by atoms with E-state index in [1.807, 2.05) is 48.7 Å². The van der Waals surface area contributed by atoms with Gasteiger partial charge in [-0.05, 0) is 45.0 Å². The first-order valence-electron chi connectivity index (χ1n) is 10.2. The van der Waals surface area contributed by atoms with Crippen LogP contribution in [0.2, 0.25) is 0 Å². The number of urea groups is 1. The number of imidazole rings is 1. The van der Waals surface area contributed by atoms with Crippen molar-refractivity contribution in [3.8, 4) is 11.3 Å². The lowest BCUT2D eigenvalue weighted by Crippen LogP contribution is -2.39. The van der Waals surface area contributed by atoms with Crippen molar-refractivity contribution in [1.29, 1.82) is 0 Å². The highest BCUT2D eigenvalue weighted by atomic mass is 32.2. The minimum Gasteiger partial charge on any atom is -0.336 e. The monoisotopic (exact) mass is 431 g/mol. The molecular formula is C24H25N5OS. The predicted octanol–water partition coefficient (Wildman–Crippen LogP) is 5.06. The van der Waals surface area contributed by atoms with E-state index in [1.165, 1.54) is 5.56 Å². The molecule has 0 saturated heterocycles. The van der Waals surface area contributed by atoms with Crippen LogP contribution in [-0.2, 0) is 6.54 Å². The van der Waals surface area contributed by atoms with Gasteiger partial charge in [0.2, 0.25) is 0 Å². The molecule has 0 unspecified atom stereocenters. The lowest BCUT2D eigenvalue weighted by molar-refractivity contribution is 0.238. The number of hydrogen-bond acceptors (Lipinski definition) is 4. The Labute approximate surface area is 186 Å². The molecule has 0 fully saturated rings. The Hall–Kier alpha value is -3.32. The van der Waals surface area contributed by atoms with E-state index < -0.39 is 0 Å². The van der Waals surface area contributed by atoms with Crippen molar-refractivity contribution in [3.63, 3.8) is 0 Å². The van der Waals surface area contributed by atoms with Crippen molar-refractivity contribution < 1.29 is 4.79 Å². The summed E-state index contributed by atoms with van der Waals surface area (Å²) in [6.45, 7) is 6.23. The molecule has 158 valence electrons. The Balaban J connectivity index is 1.72. The number of hydrogen-bond donors (Lipinski definition) is 2. The molecule has 31 heavy (non-hydrogen) atoms. The fraction of sp³-hybridized carbons (Fsp3) is 0.208. The van der Waals surface area contributed by atoms with Gasteiger partial charge in [0, 0.05) is 16.5 Å². The molecule has 0 aliphatic carbocycles. The highest BCUT2D eigenvalue weighted by molar-refractivity contribution is 7.99. The average molecular weight is 432 g/mol. The van der Waals surface area contributed by atoms with E-state index in [1.54, 1.807) is 11.8 Å². The van der Waals surface area contributed by atoms with Crippen molar-refractivity contribution in [2.75, 3.05) is 0 Å². The van der Waals surface area contributed by atoms with Crippen LogP contribution in [0.1, 0.15) is 25.1 Å². The number of aryl methyl sites for hydroxylation is 1. The fourth-order valence-electron chi connectivity index (χ4n) is 3.20. The molecule has 0 aliphatic heterocycles. The molecule has 4 rings (SSSR count). The molecule has 2 aromatic heterocycles. The van der Waals surface area contributed by atoms with E-state index in [2.05, 4.69) is 54.0 Å². The summed E-state index contributed by atoms with van der Waals surface area (Å²) in [6.07, 6.45) is 0. The van der Waals surface area contributed by atoms with Crippen molar-refractivity contribution in [3.05, 3.63) is 78.0 Å². The Morgan fingerprint density at radius 2 is 1.77 bits per heavy atom. The van der Waals surface area contributed by atoms with Crippen LogP contribution in [0, 0.1) is 6.92 Å². The highest BCUT2D eigenvalue weighted by Crippen LogP contribution is 2.28.